The van der Waals surface area contributed by atoms with Gasteiger partial charge in [-0.1, -0.05) is 53.4 Å². The van der Waals surface area contributed by atoms with Crippen molar-refractivity contribution in [1.82, 2.24) is 0 Å². The van der Waals surface area contributed by atoms with Crippen LogP contribution in [0, 0.1) is 10.8 Å². The molecule has 0 aliphatic heterocycles. The Morgan fingerprint density at radius 2 is 1.76 bits per heavy atom. The number of hydrogen-bond acceptors (Lipinski definition) is 2. The van der Waals surface area contributed by atoms with Gasteiger partial charge in [0.2, 0.25) is 0 Å². The van der Waals surface area contributed by atoms with E-state index in [0.29, 0.717) is 0 Å². The first-order chi connectivity index (χ1) is 9.58. The SMILES string of the molecule is CCC1(C(CCCC(C)(C)C)OP(=O)(O)O)CCCCC1. The fourth-order valence-corrected chi connectivity index (χ4v) is 4.27. The first-order valence-corrected chi connectivity index (χ1v) is 9.85. The van der Waals surface area contributed by atoms with E-state index in [1.807, 2.05) is 0 Å². The van der Waals surface area contributed by atoms with Gasteiger partial charge in [0.1, 0.15) is 0 Å². The van der Waals surface area contributed by atoms with Crippen molar-refractivity contribution in [2.45, 2.75) is 91.6 Å². The van der Waals surface area contributed by atoms with Crippen LogP contribution in [0.5, 0.6) is 0 Å². The van der Waals surface area contributed by atoms with Gasteiger partial charge in [-0.2, -0.15) is 0 Å². The third-order valence-electron chi connectivity index (χ3n) is 4.89. The normalized spacial score (nSPS) is 21.2. The molecular weight excluding hydrogens is 287 g/mol. The summed E-state index contributed by atoms with van der Waals surface area (Å²) in [4.78, 5) is 18.6. The van der Waals surface area contributed by atoms with Crippen LogP contribution in [0.25, 0.3) is 0 Å². The van der Waals surface area contributed by atoms with Gasteiger partial charge < -0.3 is 9.79 Å². The monoisotopic (exact) mass is 320 g/mol. The smallest absolute Gasteiger partial charge is 0.303 e. The molecule has 0 radical (unpaired) electrons. The molecule has 5 heteroatoms. The van der Waals surface area contributed by atoms with Gasteiger partial charge in [0.25, 0.3) is 0 Å². The molecule has 0 heterocycles. The topological polar surface area (TPSA) is 66.8 Å². The van der Waals surface area contributed by atoms with Crippen LogP contribution in [-0.2, 0) is 9.09 Å². The minimum Gasteiger partial charge on any atom is -0.303 e. The highest BCUT2D eigenvalue weighted by molar-refractivity contribution is 7.46. The summed E-state index contributed by atoms with van der Waals surface area (Å²) in [6.45, 7) is 8.72. The van der Waals surface area contributed by atoms with Crippen molar-refractivity contribution >= 4 is 7.82 Å². The molecule has 1 atom stereocenters. The Kier molecular flexibility index (Phi) is 6.92. The van der Waals surface area contributed by atoms with Crippen molar-refractivity contribution in [1.29, 1.82) is 0 Å². The number of hydrogen-bond donors (Lipinski definition) is 2. The first-order valence-electron chi connectivity index (χ1n) is 8.32. The first kappa shape index (κ1) is 19.2. The predicted molar refractivity (Wildman–Crippen MR) is 86.0 cm³/mol. The third kappa shape index (κ3) is 6.81. The number of rotatable bonds is 7. The lowest BCUT2D eigenvalue weighted by Crippen LogP contribution is -2.38. The molecule has 1 saturated carbocycles. The summed E-state index contributed by atoms with van der Waals surface area (Å²) in [7, 11) is -4.43. The number of phosphoric ester groups is 1. The summed E-state index contributed by atoms with van der Waals surface area (Å²) in [6, 6.07) is 0. The highest BCUT2D eigenvalue weighted by atomic mass is 31.2. The predicted octanol–water partition coefficient (Wildman–Crippen LogP) is 5.04. The molecule has 4 nitrogen and oxygen atoms in total. The van der Waals surface area contributed by atoms with Gasteiger partial charge in [-0.25, -0.2) is 4.57 Å². The van der Waals surface area contributed by atoms with Gasteiger partial charge in [-0.15, -0.1) is 0 Å². The highest BCUT2D eigenvalue weighted by Crippen LogP contribution is 2.50. The zero-order valence-corrected chi connectivity index (χ0v) is 15.0. The lowest BCUT2D eigenvalue weighted by molar-refractivity contribution is -0.0142. The Bertz CT molecular complexity index is 350. The van der Waals surface area contributed by atoms with Crippen molar-refractivity contribution in [3.8, 4) is 0 Å². The quantitative estimate of drug-likeness (QED) is 0.645. The van der Waals surface area contributed by atoms with E-state index in [1.54, 1.807) is 0 Å². The zero-order chi connectivity index (χ0) is 16.1. The fraction of sp³-hybridized carbons (Fsp3) is 1.00. The van der Waals surface area contributed by atoms with Crippen LogP contribution in [0.4, 0.5) is 0 Å². The van der Waals surface area contributed by atoms with Gasteiger partial charge in [0, 0.05) is 0 Å². The Balaban J connectivity index is 2.77. The van der Waals surface area contributed by atoms with Gasteiger partial charge in [-0.3, -0.25) is 4.52 Å². The second kappa shape index (κ2) is 7.59. The van der Waals surface area contributed by atoms with E-state index in [0.717, 1.165) is 51.4 Å². The van der Waals surface area contributed by atoms with Crippen molar-refractivity contribution in [2.24, 2.45) is 10.8 Å². The molecule has 1 unspecified atom stereocenters. The molecule has 1 rings (SSSR count). The summed E-state index contributed by atoms with van der Waals surface area (Å²) in [5, 5.41) is 0. The van der Waals surface area contributed by atoms with E-state index in [2.05, 4.69) is 27.7 Å². The van der Waals surface area contributed by atoms with Gasteiger partial charge in [0.15, 0.2) is 0 Å². The van der Waals surface area contributed by atoms with E-state index in [1.165, 1.54) is 6.42 Å². The standard InChI is InChI=1S/C16H33O4P/c1-5-16(12-7-6-8-13-16)14(20-21(17,18)19)10-9-11-15(2,3)4/h14H,5-13H2,1-4H3,(H2,17,18,19). The molecule has 126 valence electrons. The molecule has 0 amide bonds. The van der Waals surface area contributed by atoms with E-state index >= 15 is 0 Å². The molecule has 0 aromatic carbocycles. The van der Waals surface area contributed by atoms with Crippen LogP contribution >= 0.6 is 7.82 Å². The van der Waals surface area contributed by atoms with E-state index in [9.17, 15) is 14.4 Å². The van der Waals surface area contributed by atoms with E-state index in [-0.39, 0.29) is 16.9 Å². The maximum atomic E-state index is 11.4. The van der Waals surface area contributed by atoms with Crippen molar-refractivity contribution in [2.75, 3.05) is 0 Å². The van der Waals surface area contributed by atoms with E-state index < -0.39 is 7.82 Å². The molecule has 0 bridgehead atoms. The average molecular weight is 320 g/mol. The average Bonchev–Trinajstić information content (AvgIpc) is 2.35. The molecule has 1 fully saturated rings. The Hall–Kier alpha value is 0.110. The van der Waals surface area contributed by atoms with Crippen molar-refractivity contribution in [3.05, 3.63) is 0 Å². The second-order valence-electron chi connectivity index (χ2n) is 7.81. The van der Waals surface area contributed by atoms with Gasteiger partial charge in [-0.05, 0) is 42.9 Å². The van der Waals surface area contributed by atoms with E-state index in [4.69, 9.17) is 4.52 Å². The molecule has 0 aromatic heterocycles. The zero-order valence-electron chi connectivity index (χ0n) is 14.1. The van der Waals surface area contributed by atoms with Crippen molar-refractivity contribution in [3.63, 3.8) is 0 Å². The van der Waals surface area contributed by atoms with Gasteiger partial charge >= 0.3 is 7.82 Å². The summed E-state index contributed by atoms with van der Waals surface area (Å²) >= 11 is 0. The highest BCUT2D eigenvalue weighted by Gasteiger charge is 2.41. The maximum Gasteiger partial charge on any atom is 0.469 e. The summed E-state index contributed by atoms with van der Waals surface area (Å²) in [5.74, 6) is 0. The van der Waals surface area contributed by atoms with Crippen LogP contribution in [0.1, 0.15) is 85.5 Å². The van der Waals surface area contributed by atoms with Crippen LogP contribution in [-0.4, -0.2) is 15.9 Å². The molecule has 1 aliphatic carbocycles. The van der Waals surface area contributed by atoms with Crippen LogP contribution in [0.15, 0.2) is 0 Å². The summed E-state index contributed by atoms with van der Waals surface area (Å²) in [5.41, 5.74) is 0.204. The van der Waals surface area contributed by atoms with Crippen LogP contribution in [0.2, 0.25) is 0 Å². The molecule has 0 aromatic rings. The molecule has 1 aliphatic rings. The Labute approximate surface area is 129 Å². The fourth-order valence-electron chi connectivity index (χ4n) is 3.61. The van der Waals surface area contributed by atoms with Gasteiger partial charge in [0.05, 0.1) is 6.10 Å². The molecule has 0 spiro atoms. The maximum absolute atomic E-state index is 11.4. The number of phosphoric acid groups is 1. The minimum absolute atomic E-state index is 0.0444. The molecule has 0 saturated heterocycles. The largest absolute Gasteiger partial charge is 0.469 e. The minimum atomic E-state index is -4.43. The van der Waals surface area contributed by atoms with Crippen molar-refractivity contribution < 1.29 is 18.9 Å². The molecule has 2 N–H and O–H groups in total. The second-order valence-corrected chi connectivity index (χ2v) is 9.01. The lowest BCUT2D eigenvalue weighted by atomic mass is 9.67. The van der Waals surface area contributed by atoms with Crippen LogP contribution in [0.3, 0.4) is 0 Å². The summed E-state index contributed by atoms with van der Waals surface area (Å²) < 4.78 is 16.6. The summed E-state index contributed by atoms with van der Waals surface area (Å²) in [6.07, 6.45) is 8.96. The molecular formula is C16H33O4P. The Morgan fingerprint density at radius 1 is 1.19 bits per heavy atom. The lowest BCUT2D eigenvalue weighted by Gasteiger charge is -2.43. The Morgan fingerprint density at radius 3 is 2.19 bits per heavy atom. The molecule has 21 heavy (non-hydrogen) atoms. The third-order valence-corrected chi connectivity index (χ3v) is 5.42. The van der Waals surface area contributed by atoms with Crippen LogP contribution < -0.4 is 0 Å².